The number of hydrogen-bond acceptors (Lipinski definition) is 3. The number of aromatic nitrogens is 3. The monoisotopic (exact) mass is 446 g/mol. The quantitative estimate of drug-likeness (QED) is 0.473. The maximum absolute atomic E-state index is 14.4. The lowest BCUT2D eigenvalue weighted by Gasteiger charge is -2.16. The molecule has 0 atom stereocenters. The number of benzene rings is 2. The van der Waals surface area contributed by atoms with Gasteiger partial charge in [-0.15, -0.1) is 0 Å². The van der Waals surface area contributed by atoms with Crippen LogP contribution < -0.4 is 0 Å². The maximum Gasteiger partial charge on any atom is 0.199 e. The summed E-state index contributed by atoms with van der Waals surface area (Å²) >= 11 is 9.14. The van der Waals surface area contributed by atoms with Gasteiger partial charge in [-0.05, 0) is 61.9 Å². The zero-order valence-electron chi connectivity index (χ0n) is 15.0. The van der Waals surface area contributed by atoms with Crippen molar-refractivity contribution in [3.8, 4) is 11.4 Å². The second-order valence-electron chi connectivity index (χ2n) is 6.97. The van der Waals surface area contributed by atoms with Crippen molar-refractivity contribution >= 4 is 28.1 Å². The Morgan fingerprint density at radius 3 is 2.56 bits per heavy atom. The van der Waals surface area contributed by atoms with Crippen molar-refractivity contribution in [2.24, 2.45) is 0 Å². The molecule has 0 aliphatic heterocycles. The molecule has 0 N–H and O–H groups in total. The Bertz CT molecular complexity index is 1010. The average Bonchev–Trinajstić information content (AvgIpc) is 3.43. The van der Waals surface area contributed by atoms with Gasteiger partial charge in [0.05, 0.1) is 12.2 Å². The van der Waals surface area contributed by atoms with Gasteiger partial charge in [-0.3, -0.25) is 9.47 Å². The van der Waals surface area contributed by atoms with Gasteiger partial charge in [-0.25, -0.2) is 9.07 Å². The van der Waals surface area contributed by atoms with E-state index in [4.69, 9.17) is 12.2 Å². The summed E-state index contributed by atoms with van der Waals surface area (Å²) < 4.78 is 19.9. The summed E-state index contributed by atoms with van der Waals surface area (Å²) in [7, 11) is 2.03. The Morgan fingerprint density at radius 1 is 1.19 bits per heavy atom. The van der Waals surface area contributed by atoms with E-state index in [0.29, 0.717) is 28.9 Å². The number of rotatable bonds is 6. The van der Waals surface area contributed by atoms with Crippen molar-refractivity contribution in [1.29, 1.82) is 0 Å². The van der Waals surface area contributed by atoms with E-state index in [1.54, 1.807) is 16.8 Å². The minimum absolute atomic E-state index is 0.269. The lowest BCUT2D eigenvalue weighted by atomic mass is 10.2. The summed E-state index contributed by atoms with van der Waals surface area (Å²) in [4.78, 5) is 2.15. The van der Waals surface area contributed by atoms with Crippen LogP contribution in [0.4, 0.5) is 4.39 Å². The van der Waals surface area contributed by atoms with Crippen LogP contribution in [-0.4, -0.2) is 26.3 Å². The minimum atomic E-state index is -0.269. The van der Waals surface area contributed by atoms with Gasteiger partial charge in [-0.2, -0.15) is 5.10 Å². The highest BCUT2D eigenvalue weighted by molar-refractivity contribution is 9.10. The summed E-state index contributed by atoms with van der Waals surface area (Å²) in [5.74, 6) is 0.354. The van der Waals surface area contributed by atoms with E-state index in [0.717, 1.165) is 23.9 Å². The zero-order chi connectivity index (χ0) is 19.0. The molecule has 0 bridgehead atoms. The third-order valence-corrected chi connectivity index (χ3v) is 5.57. The number of nitrogens with zero attached hydrogens (tertiary/aromatic N) is 4. The van der Waals surface area contributed by atoms with Gasteiger partial charge in [0.2, 0.25) is 0 Å². The van der Waals surface area contributed by atoms with Gasteiger partial charge >= 0.3 is 0 Å². The second kappa shape index (κ2) is 7.66. The molecule has 1 fully saturated rings. The molecule has 7 heteroatoms. The minimum Gasteiger partial charge on any atom is -0.297 e. The highest BCUT2D eigenvalue weighted by atomic mass is 79.9. The van der Waals surface area contributed by atoms with Crippen LogP contribution in [0.15, 0.2) is 53.0 Å². The van der Waals surface area contributed by atoms with Crippen molar-refractivity contribution in [3.05, 3.63) is 69.2 Å². The van der Waals surface area contributed by atoms with Crippen LogP contribution in [0.25, 0.3) is 11.4 Å². The van der Waals surface area contributed by atoms with Crippen molar-refractivity contribution in [2.45, 2.75) is 32.1 Å². The largest absolute Gasteiger partial charge is 0.297 e. The van der Waals surface area contributed by atoms with Crippen molar-refractivity contribution in [1.82, 2.24) is 19.2 Å². The summed E-state index contributed by atoms with van der Waals surface area (Å²) in [6.45, 7) is 1.33. The number of hydrogen-bond donors (Lipinski definition) is 0. The molecule has 3 aromatic rings. The van der Waals surface area contributed by atoms with Crippen LogP contribution in [-0.2, 0) is 13.2 Å². The first-order valence-electron chi connectivity index (χ1n) is 8.90. The molecule has 0 saturated heterocycles. The second-order valence-corrected chi connectivity index (χ2v) is 8.25. The van der Waals surface area contributed by atoms with Crippen LogP contribution in [0.2, 0.25) is 0 Å². The van der Waals surface area contributed by atoms with Crippen molar-refractivity contribution in [2.75, 3.05) is 7.05 Å². The molecule has 2 aromatic carbocycles. The molecular formula is C20H20BrFN4S. The van der Waals surface area contributed by atoms with E-state index < -0.39 is 0 Å². The van der Waals surface area contributed by atoms with Crippen LogP contribution in [0.3, 0.4) is 0 Å². The zero-order valence-corrected chi connectivity index (χ0v) is 17.4. The fourth-order valence-corrected chi connectivity index (χ4v) is 3.78. The number of halogens is 2. The molecule has 0 amide bonds. The van der Waals surface area contributed by atoms with Crippen LogP contribution in [0.1, 0.15) is 24.4 Å². The first-order valence-corrected chi connectivity index (χ1v) is 10.1. The van der Waals surface area contributed by atoms with Gasteiger partial charge in [0, 0.05) is 17.1 Å². The SMILES string of the molecule is CN(Cc1ccc(Br)cc1)Cn1nc(-c2ccccc2F)n(C2CC2)c1=S. The summed E-state index contributed by atoms with van der Waals surface area (Å²) in [6, 6.07) is 15.3. The molecule has 27 heavy (non-hydrogen) atoms. The van der Waals surface area contributed by atoms with Crippen LogP contribution in [0, 0.1) is 10.6 Å². The lowest BCUT2D eigenvalue weighted by molar-refractivity contribution is 0.244. The molecule has 1 aliphatic rings. The fourth-order valence-electron chi connectivity index (χ4n) is 3.18. The van der Waals surface area contributed by atoms with E-state index in [-0.39, 0.29) is 5.82 Å². The molecule has 0 radical (unpaired) electrons. The normalized spacial score (nSPS) is 14.1. The predicted octanol–water partition coefficient (Wildman–Crippen LogP) is 5.41. The van der Waals surface area contributed by atoms with Gasteiger partial charge in [-0.1, -0.05) is 40.2 Å². The van der Waals surface area contributed by atoms with E-state index in [2.05, 4.69) is 38.1 Å². The van der Waals surface area contributed by atoms with Crippen LogP contribution >= 0.6 is 28.1 Å². The van der Waals surface area contributed by atoms with Crippen molar-refractivity contribution < 1.29 is 4.39 Å². The molecule has 4 rings (SSSR count). The Morgan fingerprint density at radius 2 is 1.89 bits per heavy atom. The molecule has 1 aromatic heterocycles. The summed E-state index contributed by atoms with van der Waals surface area (Å²) in [6.07, 6.45) is 2.13. The van der Waals surface area contributed by atoms with E-state index >= 15 is 0 Å². The highest BCUT2D eigenvalue weighted by Gasteiger charge is 2.30. The van der Waals surface area contributed by atoms with Gasteiger partial charge in [0.15, 0.2) is 10.6 Å². The predicted molar refractivity (Wildman–Crippen MR) is 110 cm³/mol. The maximum atomic E-state index is 14.4. The fraction of sp³-hybridized carbons (Fsp3) is 0.300. The Kier molecular flexibility index (Phi) is 5.25. The van der Waals surface area contributed by atoms with Gasteiger partial charge in [0.1, 0.15) is 5.82 Å². The first kappa shape index (κ1) is 18.5. The standard InChI is InChI=1S/C20H20BrFN4S/c1-24(12-14-6-8-15(21)9-7-14)13-25-20(27)26(16-10-11-16)19(23-25)17-4-2-3-5-18(17)22/h2-9,16H,10-13H2,1H3. The summed E-state index contributed by atoms with van der Waals surface area (Å²) in [5, 5.41) is 4.68. The molecule has 140 valence electrons. The van der Waals surface area contributed by atoms with Gasteiger partial charge < -0.3 is 0 Å². The molecular weight excluding hydrogens is 427 g/mol. The first-order chi connectivity index (χ1) is 13.0. The Balaban J connectivity index is 1.62. The highest BCUT2D eigenvalue weighted by Crippen LogP contribution is 2.39. The lowest BCUT2D eigenvalue weighted by Crippen LogP contribution is -2.22. The molecule has 0 spiro atoms. The Hall–Kier alpha value is -1.83. The topological polar surface area (TPSA) is 26.0 Å². The molecule has 4 nitrogen and oxygen atoms in total. The van der Waals surface area contributed by atoms with E-state index in [1.807, 2.05) is 29.8 Å². The van der Waals surface area contributed by atoms with Crippen molar-refractivity contribution in [3.63, 3.8) is 0 Å². The van der Waals surface area contributed by atoms with E-state index in [9.17, 15) is 4.39 Å². The molecule has 0 unspecified atom stereocenters. The molecule has 1 aliphatic carbocycles. The average molecular weight is 447 g/mol. The molecule has 1 saturated carbocycles. The third kappa shape index (κ3) is 4.05. The van der Waals surface area contributed by atoms with Crippen LogP contribution in [0.5, 0.6) is 0 Å². The van der Waals surface area contributed by atoms with Gasteiger partial charge in [0.25, 0.3) is 0 Å². The Labute approximate surface area is 171 Å². The molecule has 1 heterocycles. The summed E-state index contributed by atoms with van der Waals surface area (Å²) in [5.41, 5.74) is 1.72. The smallest absolute Gasteiger partial charge is 0.199 e. The third-order valence-electron chi connectivity index (χ3n) is 4.64. The van der Waals surface area contributed by atoms with E-state index in [1.165, 1.54) is 11.6 Å².